The molecule has 0 radical (unpaired) electrons. The molecule has 2 atom stereocenters. The summed E-state index contributed by atoms with van der Waals surface area (Å²) in [5.41, 5.74) is 1.19. The summed E-state index contributed by atoms with van der Waals surface area (Å²) < 4.78 is 30.6. The highest BCUT2D eigenvalue weighted by Gasteiger charge is 2.25. The zero-order valence-corrected chi connectivity index (χ0v) is 12.9. The van der Waals surface area contributed by atoms with Gasteiger partial charge in [-0.3, -0.25) is 9.52 Å². The van der Waals surface area contributed by atoms with E-state index >= 15 is 0 Å². The number of benzene rings is 1. The van der Waals surface area contributed by atoms with Crippen LogP contribution in [0.15, 0.2) is 24.3 Å². The minimum atomic E-state index is -3.36. The number of nitrogens with one attached hydrogen (secondary N) is 2. The summed E-state index contributed by atoms with van der Waals surface area (Å²) in [6.07, 6.45) is 2.31. The highest BCUT2D eigenvalue weighted by atomic mass is 32.2. The van der Waals surface area contributed by atoms with Gasteiger partial charge in [-0.05, 0) is 31.4 Å². The molecule has 1 heterocycles. The number of sulfonamides is 1. The van der Waals surface area contributed by atoms with Gasteiger partial charge in [-0.15, -0.1) is 0 Å². The smallest absolute Gasteiger partial charge is 0.249 e. The number of amides is 1. The zero-order chi connectivity index (χ0) is 15.5. The van der Waals surface area contributed by atoms with Gasteiger partial charge in [-0.2, -0.15) is 0 Å². The van der Waals surface area contributed by atoms with Gasteiger partial charge >= 0.3 is 0 Å². The first-order valence-corrected chi connectivity index (χ1v) is 8.74. The number of para-hydroxylation sites is 1. The van der Waals surface area contributed by atoms with E-state index in [-0.39, 0.29) is 11.9 Å². The van der Waals surface area contributed by atoms with Crippen molar-refractivity contribution < 1.29 is 17.9 Å². The van der Waals surface area contributed by atoms with Gasteiger partial charge in [0.05, 0.1) is 18.0 Å². The average Bonchev–Trinajstić information content (AvgIpc) is 2.91. The van der Waals surface area contributed by atoms with E-state index in [1.54, 1.807) is 24.3 Å². The van der Waals surface area contributed by atoms with Crippen LogP contribution in [-0.4, -0.2) is 33.3 Å². The van der Waals surface area contributed by atoms with Crippen LogP contribution in [0.3, 0.4) is 0 Å². The number of carbonyl (C=O) groups is 1. The van der Waals surface area contributed by atoms with Crippen molar-refractivity contribution in [2.45, 2.75) is 31.9 Å². The highest BCUT2D eigenvalue weighted by Crippen LogP contribution is 2.24. The highest BCUT2D eigenvalue weighted by molar-refractivity contribution is 7.92. The molecule has 7 heteroatoms. The maximum absolute atomic E-state index is 12.1. The first-order chi connectivity index (χ1) is 9.87. The zero-order valence-electron chi connectivity index (χ0n) is 12.1. The fourth-order valence-electron chi connectivity index (χ4n) is 2.34. The molecule has 2 rings (SSSR count). The van der Waals surface area contributed by atoms with E-state index < -0.39 is 16.1 Å². The summed E-state index contributed by atoms with van der Waals surface area (Å²) >= 11 is 0. The molecular formula is C14H20N2O4S. The van der Waals surface area contributed by atoms with E-state index in [9.17, 15) is 13.2 Å². The molecule has 1 aliphatic rings. The molecule has 21 heavy (non-hydrogen) atoms. The molecule has 0 saturated carbocycles. The molecule has 6 nitrogen and oxygen atoms in total. The Balaban J connectivity index is 2.11. The average molecular weight is 312 g/mol. The van der Waals surface area contributed by atoms with Gasteiger partial charge in [0, 0.05) is 6.61 Å². The van der Waals surface area contributed by atoms with Crippen molar-refractivity contribution in [3.8, 4) is 0 Å². The second-order valence-corrected chi connectivity index (χ2v) is 6.94. The fraction of sp³-hybridized carbons (Fsp3) is 0.500. The first kappa shape index (κ1) is 15.8. The number of ether oxygens (including phenoxy) is 1. The second kappa shape index (κ2) is 6.44. The molecular weight excluding hydrogens is 292 g/mol. The van der Waals surface area contributed by atoms with Crippen LogP contribution >= 0.6 is 0 Å². The van der Waals surface area contributed by atoms with Gasteiger partial charge in [0.2, 0.25) is 15.9 Å². The minimum absolute atomic E-state index is 0.158. The summed E-state index contributed by atoms with van der Waals surface area (Å²) in [5, 5.41) is 2.87. The van der Waals surface area contributed by atoms with E-state index in [0.29, 0.717) is 17.9 Å². The van der Waals surface area contributed by atoms with Crippen LogP contribution in [-0.2, 0) is 19.6 Å². The van der Waals surface area contributed by atoms with Crippen LogP contribution in [0.1, 0.15) is 31.4 Å². The fourth-order valence-corrected chi connectivity index (χ4v) is 2.92. The third-order valence-electron chi connectivity index (χ3n) is 3.30. The number of hydrogen-bond donors (Lipinski definition) is 2. The van der Waals surface area contributed by atoms with Gasteiger partial charge in [0.15, 0.2) is 0 Å². The Morgan fingerprint density at radius 3 is 2.71 bits per heavy atom. The molecule has 2 N–H and O–H groups in total. The van der Waals surface area contributed by atoms with E-state index in [1.165, 1.54) is 0 Å². The maximum Gasteiger partial charge on any atom is 0.249 e. The Kier molecular flexibility index (Phi) is 4.84. The van der Waals surface area contributed by atoms with Gasteiger partial charge < -0.3 is 10.1 Å². The Bertz CT molecular complexity index is 609. The summed E-state index contributed by atoms with van der Waals surface area (Å²) in [4.78, 5) is 12.1. The van der Waals surface area contributed by atoms with Gasteiger partial charge in [0.25, 0.3) is 0 Å². The van der Waals surface area contributed by atoms with E-state index in [0.717, 1.165) is 19.1 Å². The van der Waals surface area contributed by atoms with Crippen molar-refractivity contribution in [2.24, 2.45) is 0 Å². The number of carbonyl (C=O) groups excluding carboxylic acids is 1. The van der Waals surface area contributed by atoms with Crippen LogP contribution in [0, 0.1) is 0 Å². The number of anilines is 1. The van der Waals surface area contributed by atoms with Crippen LogP contribution in [0.4, 0.5) is 5.69 Å². The van der Waals surface area contributed by atoms with Crippen LogP contribution in [0.25, 0.3) is 0 Å². The Hall–Kier alpha value is -1.60. The molecule has 1 saturated heterocycles. The van der Waals surface area contributed by atoms with E-state index in [1.807, 2.05) is 6.92 Å². The predicted molar refractivity (Wildman–Crippen MR) is 80.4 cm³/mol. The quantitative estimate of drug-likeness (QED) is 0.861. The third-order valence-corrected chi connectivity index (χ3v) is 3.89. The minimum Gasteiger partial charge on any atom is -0.368 e. The third kappa shape index (κ3) is 4.44. The van der Waals surface area contributed by atoms with Gasteiger partial charge in [-0.25, -0.2) is 8.42 Å². The molecule has 1 fully saturated rings. The van der Waals surface area contributed by atoms with Crippen molar-refractivity contribution in [1.29, 1.82) is 0 Å². The maximum atomic E-state index is 12.1. The largest absolute Gasteiger partial charge is 0.368 e. The lowest BCUT2D eigenvalue weighted by Gasteiger charge is -2.20. The van der Waals surface area contributed by atoms with E-state index in [2.05, 4.69) is 10.0 Å². The molecule has 0 aromatic heterocycles. The lowest BCUT2D eigenvalue weighted by atomic mass is 10.1. The normalized spacial score (nSPS) is 20.0. The topological polar surface area (TPSA) is 84.5 Å². The van der Waals surface area contributed by atoms with Crippen LogP contribution in [0.5, 0.6) is 0 Å². The van der Waals surface area contributed by atoms with Crippen LogP contribution < -0.4 is 10.0 Å². The van der Waals surface area contributed by atoms with Gasteiger partial charge in [-0.1, -0.05) is 18.2 Å². The van der Waals surface area contributed by atoms with Crippen molar-refractivity contribution in [1.82, 2.24) is 5.32 Å². The predicted octanol–water partition coefficient (Wildman–Crippen LogP) is 1.41. The van der Waals surface area contributed by atoms with Crippen molar-refractivity contribution in [3.05, 3.63) is 29.8 Å². The Morgan fingerprint density at radius 2 is 2.10 bits per heavy atom. The van der Waals surface area contributed by atoms with Crippen molar-refractivity contribution in [2.75, 3.05) is 17.6 Å². The molecule has 1 aliphatic heterocycles. The summed E-state index contributed by atoms with van der Waals surface area (Å²) in [6, 6.07) is 6.69. The number of rotatable bonds is 5. The second-order valence-electron chi connectivity index (χ2n) is 5.19. The molecule has 0 aliphatic carbocycles. The molecule has 116 valence electrons. The summed E-state index contributed by atoms with van der Waals surface area (Å²) in [7, 11) is -3.36. The van der Waals surface area contributed by atoms with Crippen molar-refractivity contribution >= 4 is 21.6 Å². The Morgan fingerprint density at radius 1 is 1.38 bits per heavy atom. The molecule has 0 spiro atoms. The molecule has 0 unspecified atom stereocenters. The molecule has 1 amide bonds. The standard InChI is InChI=1S/C14H20N2O4S/c1-10(15-14(17)13-8-5-9-20-13)11-6-3-4-7-12(11)16-21(2,18)19/h3-4,6-7,10,13,16H,5,8-9H2,1-2H3,(H,15,17)/t10-,13-/m0/s1. The lowest BCUT2D eigenvalue weighted by molar-refractivity contribution is -0.130. The lowest BCUT2D eigenvalue weighted by Crippen LogP contribution is -2.36. The monoisotopic (exact) mass is 312 g/mol. The van der Waals surface area contributed by atoms with Crippen LogP contribution in [0.2, 0.25) is 0 Å². The summed E-state index contributed by atoms with van der Waals surface area (Å²) in [5.74, 6) is -0.158. The summed E-state index contributed by atoms with van der Waals surface area (Å²) in [6.45, 7) is 2.42. The van der Waals surface area contributed by atoms with E-state index in [4.69, 9.17) is 4.74 Å². The van der Waals surface area contributed by atoms with Crippen molar-refractivity contribution in [3.63, 3.8) is 0 Å². The number of hydrogen-bond acceptors (Lipinski definition) is 4. The molecule has 0 bridgehead atoms. The SMILES string of the molecule is C[C@H](NC(=O)[C@@H]1CCCO1)c1ccccc1NS(C)(=O)=O. The Labute approximate surface area is 124 Å². The molecule has 1 aromatic carbocycles. The van der Waals surface area contributed by atoms with Gasteiger partial charge in [0.1, 0.15) is 6.10 Å². The molecule has 1 aromatic rings. The first-order valence-electron chi connectivity index (χ1n) is 6.85.